The molecule has 0 saturated carbocycles. The SMILES string of the molecule is OCC(CO)(COP(O)O)COP(O)O. The Morgan fingerprint density at radius 1 is 0.800 bits per heavy atom. The van der Waals surface area contributed by atoms with E-state index in [2.05, 4.69) is 9.05 Å². The number of aliphatic hydroxyl groups excluding tert-OH is 2. The van der Waals surface area contributed by atoms with Crippen LogP contribution in [0.15, 0.2) is 0 Å². The van der Waals surface area contributed by atoms with Gasteiger partial charge in [-0.25, -0.2) is 0 Å². The second-order valence-corrected chi connectivity index (χ2v) is 4.40. The molecule has 0 fully saturated rings. The van der Waals surface area contributed by atoms with Gasteiger partial charge in [0.25, 0.3) is 0 Å². The maximum absolute atomic E-state index is 8.97. The van der Waals surface area contributed by atoms with Crippen LogP contribution in [0.1, 0.15) is 0 Å². The minimum absolute atomic E-state index is 0.373. The van der Waals surface area contributed by atoms with E-state index in [0.29, 0.717) is 0 Å². The Kier molecular flexibility index (Phi) is 8.03. The molecule has 6 N–H and O–H groups in total. The fourth-order valence-corrected chi connectivity index (χ4v) is 1.44. The third kappa shape index (κ3) is 6.65. The lowest BCUT2D eigenvalue weighted by Crippen LogP contribution is -2.38. The van der Waals surface area contributed by atoms with E-state index in [9.17, 15) is 0 Å². The Labute approximate surface area is 88.7 Å². The zero-order valence-corrected chi connectivity index (χ0v) is 9.51. The van der Waals surface area contributed by atoms with E-state index < -0.39 is 35.8 Å². The normalized spacial score (nSPS) is 12.8. The zero-order chi connectivity index (χ0) is 11.9. The summed E-state index contributed by atoms with van der Waals surface area (Å²) < 4.78 is 8.88. The van der Waals surface area contributed by atoms with E-state index in [1.165, 1.54) is 0 Å². The van der Waals surface area contributed by atoms with Crippen molar-refractivity contribution in [3.8, 4) is 0 Å². The van der Waals surface area contributed by atoms with Crippen molar-refractivity contribution in [3.63, 3.8) is 0 Å². The van der Waals surface area contributed by atoms with Gasteiger partial charge in [-0.05, 0) is 0 Å². The first-order valence-corrected chi connectivity index (χ1v) is 6.12. The number of hydrogen-bond donors (Lipinski definition) is 6. The summed E-state index contributed by atoms with van der Waals surface area (Å²) in [7, 11) is -5.20. The smallest absolute Gasteiger partial charge is 0.327 e. The van der Waals surface area contributed by atoms with Crippen LogP contribution in [0.4, 0.5) is 0 Å². The summed E-state index contributed by atoms with van der Waals surface area (Å²) >= 11 is 0. The molecule has 92 valence electrons. The zero-order valence-electron chi connectivity index (χ0n) is 7.72. The number of rotatable bonds is 8. The van der Waals surface area contributed by atoms with Crippen molar-refractivity contribution < 1.29 is 38.8 Å². The van der Waals surface area contributed by atoms with Gasteiger partial charge in [0.2, 0.25) is 0 Å². The lowest BCUT2D eigenvalue weighted by Gasteiger charge is -2.28. The maximum Gasteiger partial charge on any atom is 0.327 e. The van der Waals surface area contributed by atoms with Gasteiger partial charge in [-0.3, -0.25) is 0 Å². The lowest BCUT2D eigenvalue weighted by molar-refractivity contribution is -0.0232. The molecular weight excluding hydrogens is 250 g/mol. The number of aliphatic hydroxyl groups is 2. The van der Waals surface area contributed by atoms with E-state index in [0.717, 1.165) is 0 Å². The molecule has 0 heterocycles. The topological polar surface area (TPSA) is 140 Å². The summed E-state index contributed by atoms with van der Waals surface area (Å²) in [6, 6.07) is 0. The van der Waals surface area contributed by atoms with Crippen LogP contribution in [0, 0.1) is 5.41 Å². The van der Waals surface area contributed by atoms with Gasteiger partial charge >= 0.3 is 17.2 Å². The van der Waals surface area contributed by atoms with Crippen molar-refractivity contribution in [1.82, 2.24) is 0 Å². The first-order chi connectivity index (χ1) is 6.95. The Balaban J connectivity index is 4.17. The van der Waals surface area contributed by atoms with Crippen LogP contribution in [0.25, 0.3) is 0 Å². The molecule has 8 nitrogen and oxygen atoms in total. The largest absolute Gasteiger partial charge is 0.396 e. The highest BCUT2D eigenvalue weighted by Gasteiger charge is 2.32. The predicted molar refractivity (Wildman–Crippen MR) is 51.2 cm³/mol. The van der Waals surface area contributed by atoms with Crippen molar-refractivity contribution in [2.75, 3.05) is 26.4 Å². The average molecular weight is 264 g/mol. The molecule has 0 aliphatic rings. The molecule has 0 aliphatic carbocycles. The maximum atomic E-state index is 8.97. The molecule has 10 heteroatoms. The molecule has 0 spiro atoms. The molecule has 0 rings (SSSR count). The van der Waals surface area contributed by atoms with Gasteiger partial charge in [0.05, 0.1) is 31.8 Å². The highest BCUT2D eigenvalue weighted by Crippen LogP contribution is 2.33. The van der Waals surface area contributed by atoms with Crippen molar-refractivity contribution in [1.29, 1.82) is 0 Å². The van der Waals surface area contributed by atoms with E-state index >= 15 is 0 Å². The fraction of sp³-hybridized carbons (Fsp3) is 1.00. The first-order valence-electron chi connectivity index (χ1n) is 3.79. The monoisotopic (exact) mass is 264 g/mol. The molecule has 0 amide bonds. The van der Waals surface area contributed by atoms with Crippen LogP contribution in [-0.4, -0.2) is 56.2 Å². The second kappa shape index (κ2) is 7.76. The molecule has 0 aromatic carbocycles. The summed E-state index contributed by atoms with van der Waals surface area (Å²) in [5.41, 5.74) is -1.29. The summed E-state index contributed by atoms with van der Waals surface area (Å²) in [5.74, 6) is 0. The molecule has 0 aromatic heterocycles. The molecule has 0 aromatic rings. The van der Waals surface area contributed by atoms with Gasteiger partial charge < -0.3 is 38.8 Å². The van der Waals surface area contributed by atoms with E-state index in [4.69, 9.17) is 29.8 Å². The minimum atomic E-state index is -2.60. The predicted octanol–water partition coefficient (Wildman–Crippen LogP) is -1.59. The summed E-state index contributed by atoms with van der Waals surface area (Å²) in [6.07, 6.45) is 0. The molecule has 0 atom stereocenters. The van der Waals surface area contributed by atoms with Gasteiger partial charge in [-0.15, -0.1) is 0 Å². The van der Waals surface area contributed by atoms with Gasteiger partial charge in [0, 0.05) is 0 Å². The van der Waals surface area contributed by atoms with Gasteiger partial charge in [-0.2, -0.15) is 0 Å². The Hall–Kier alpha value is 0.540. The van der Waals surface area contributed by atoms with E-state index in [1.54, 1.807) is 0 Å². The first kappa shape index (κ1) is 15.5. The quantitative estimate of drug-likeness (QED) is 0.288. The molecule has 0 radical (unpaired) electrons. The van der Waals surface area contributed by atoms with Crippen LogP contribution in [0.5, 0.6) is 0 Å². The Bertz CT molecular complexity index is 147. The van der Waals surface area contributed by atoms with Crippen LogP contribution in [-0.2, 0) is 9.05 Å². The van der Waals surface area contributed by atoms with Crippen molar-refractivity contribution >= 4 is 17.2 Å². The van der Waals surface area contributed by atoms with Gasteiger partial charge in [-0.1, -0.05) is 0 Å². The van der Waals surface area contributed by atoms with Crippen LogP contribution in [0.3, 0.4) is 0 Å². The van der Waals surface area contributed by atoms with Crippen molar-refractivity contribution in [3.05, 3.63) is 0 Å². The van der Waals surface area contributed by atoms with E-state index in [1.807, 2.05) is 0 Å². The molecule has 0 unspecified atom stereocenters. The van der Waals surface area contributed by atoms with Crippen LogP contribution >= 0.6 is 17.2 Å². The second-order valence-electron chi connectivity index (χ2n) is 2.87. The summed E-state index contributed by atoms with van der Waals surface area (Å²) in [6.45, 7) is -1.87. The molecular formula is C5H14O8P2. The molecule has 0 aliphatic heterocycles. The van der Waals surface area contributed by atoms with E-state index in [-0.39, 0.29) is 13.2 Å². The number of hydrogen-bond acceptors (Lipinski definition) is 8. The standard InChI is InChI=1S/C5H14O8P2/c6-1-5(2-7,3-12-14(8)9)4-13-15(10)11/h6-11H,1-4H2. The van der Waals surface area contributed by atoms with Gasteiger partial charge in [0.1, 0.15) is 0 Å². The summed E-state index contributed by atoms with van der Waals surface area (Å²) in [5, 5.41) is 17.9. The van der Waals surface area contributed by atoms with Crippen LogP contribution in [0.2, 0.25) is 0 Å². The highest BCUT2D eigenvalue weighted by molar-refractivity contribution is 7.39. The molecule has 0 bridgehead atoms. The third-order valence-electron chi connectivity index (χ3n) is 1.64. The van der Waals surface area contributed by atoms with Crippen LogP contribution < -0.4 is 0 Å². The van der Waals surface area contributed by atoms with Crippen molar-refractivity contribution in [2.45, 2.75) is 0 Å². The molecule has 0 saturated heterocycles. The highest BCUT2D eigenvalue weighted by atomic mass is 31.2. The lowest BCUT2D eigenvalue weighted by atomic mass is 9.93. The van der Waals surface area contributed by atoms with Gasteiger partial charge in [0.15, 0.2) is 0 Å². The minimum Gasteiger partial charge on any atom is -0.396 e. The molecule has 15 heavy (non-hydrogen) atoms. The average Bonchev–Trinajstić information content (AvgIpc) is 2.19. The Morgan fingerprint density at radius 3 is 1.33 bits per heavy atom. The van der Waals surface area contributed by atoms with Crippen molar-refractivity contribution in [2.24, 2.45) is 5.41 Å². The third-order valence-corrected chi connectivity index (χ3v) is 2.36. The fourth-order valence-electron chi connectivity index (χ4n) is 0.664. The Morgan fingerprint density at radius 2 is 1.13 bits per heavy atom. The summed E-state index contributed by atoms with van der Waals surface area (Å²) in [4.78, 5) is 33.9.